The summed E-state index contributed by atoms with van der Waals surface area (Å²) in [6, 6.07) is 5.46. The summed E-state index contributed by atoms with van der Waals surface area (Å²) in [5, 5.41) is 4.92. The Hall–Kier alpha value is -3.38. The van der Waals surface area contributed by atoms with Crippen molar-refractivity contribution < 1.29 is 27.4 Å². The lowest BCUT2D eigenvalue weighted by molar-refractivity contribution is -0.140. The van der Waals surface area contributed by atoms with E-state index in [0.717, 1.165) is 10.9 Å². The first-order chi connectivity index (χ1) is 16.7. The Morgan fingerprint density at radius 3 is 2.71 bits per heavy atom. The molecule has 0 saturated carbocycles. The Balaban J connectivity index is 1.66. The Bertz CT molecular complexity index is 1370. The number of aromatic nitrogens is 3. The number of ether oxygens (including phenoxy) is 2. The highest BCUT2D eigenvalue weighted by molar-refractivity contribution is 7.15. The number of hydrogen-bond donors (Lipinski definition) is 1. The number of anilines is 1. The first-order valence-corrected chi connectivity index (χ1v) is 12.2. The van der Waals surface area contributed by atoms with Gasteiger partial charge in [-0.05, 0) is 24.1 Å². The summed E-state index contributed by atoms with van der Waals surface area (Å²) >= 11 is 2.03. The van der Waals surface area contributed by atoms with Crippen LogP contribution in [0.3, 0.4) is 0 Å². The maximum absolute atomic E-state index is 13.1. The van der Waals surface area contributed by atoms with Gasteiger partial charge in [0.05, 0.1) is 19.4 Å². The van der Waals surface area contributed by atoms with Gasteiger partial charge in [0.2, 0.25) is 0 Å². The lowest BCUT2D eigenvalue weighted by atomic mass is 10.1. The highest BCUT2D eigenvalue weighted by Gasteiger charge is 2.34. The third-order valence-electron chi connectivity index (χ3n) is 4.73. The van der Waals surface area contributed by atoms with E-state index in [1.165, 1.54) is 11.3 Å². The van der Waals surface area contributed by atoms with Gasteiger partial charge < -0.3 is 9.47 Å². The quantitative estimate of drug-likeness (QED) is 0.292. The highest BCUT2D eigenvalue weighted by atomic mass is 32.1. The summed E-state index contributed by atoms with van der Waals surface area (Å²) in [4.78, 5) is 21.6. The number of thiazole rings is 2. The smallest absolute Gasteiger partial charge is 0.434 e. The molecule has 35 heavy (non-hydrogen) atoms. The second-order valence-corrected chi connectivity index (χ2v) is 9.54. The SMILES string of the molecule is COc1cccc(/C=C/c2nc3sccn3c2C(=O)Nc2nc(C(F)(F)F)cs2)c1OCC(C)C. The van der Waals surface area contributed by atoms with E-state index in [1.54, 1.807) is 41.3 Å². The van der Waals surface area contributed by atoms with Crippen LogP contribution < -0.4 is 14.8 Å². The van der Waals surface area contributed by atoms with Gasteiger partial charge in [-0.3, -0.25) is 14.5 Å². The Kier molecular flexibility index (Phi) is 7.13. The van der Waals surface area contributed by atoms with Gasteiger partial charge in [-0.15, -0.1) is 22.7 Å². The number of halogens is 3. The van der Waals surface area contributed by atoms with E-state index in [4.69, 9.17) is 9.47 Å². The predicted octanol–water partition coefficient (Wildman–Crippen LogP) is 6.34. The highest BCUT2D eigenvalue weighted by Crippen LogP contribution is 2.34. The van der Waals surface area contributed by atoms with Crippen LogP contribution in [0.1, 0.15) is 41.3 Å². The Labute approximate surface area is 206 Å². The molecule has 7 nitrogen and oxygen atoms in total. The summed E-state index contributed by atoms with van der Waals surface area (Å²) in [5.41, 5.74) is 0.190. The molecule has 3 aromatic heterocycles. The fourth-order valence-corrected chi connectivity index (χ4v) is 4.59. The molecule has 0 saturated heterocycles. The van der Waals surface area contributed by atoms with Crippen LogP contribution in [0.2, 0.25) is 0 Å². The topological polar surface area (TPSA) is 77.8 Å². The van der Waals surface area contributed by atoms with E-state index >= 15 is 0 Å². The fourth-order valence-electron chi connectivity index (χ4n) is 3.16. The fraction of sp³-hybridized carbons (Fsp3) is 0.261. The molecule has 0 unspecified atom stereocenters. The molecule has 0 spiro atoms. The van der Waals surface area contributed by atoms with Crippen molar-refractivity contribution in [2.45, 2.75) is 20.0 Å². The van der Waals surface area contributed by atoms with Crippen molar-refractivity contribution >= 4 is 50.8 Å². The molecule has 184 valence electrons. The summed E-state index contributed by atoms with van der Waals surface area (Å²) in [6.45, 7) is 4.56. The number of fused-ring (bicyclic) bond motifs is 1. The summed E-state index contributed by atoms with van der Waals surface area (Å²) in [5.74, 6) is 0.812. The maximum atomic E-state index is 13.1. The molecule has 1 amide bonds. The van der Waals surface area contributed by atoms with E-state index < -0.39 is 17.8 Å². The van der Waals surface area contributed by atoms with Gasteiger partial charge in [-0.2, -0.15) is 13.2 Å². The van der Waals surface area contributed by atoms with E-state index in [0.29, 0.717) is 46.0 Å². The van der Waals surface area contributed by atoms with Gasteiger partial charge >= 0.3 is 6.18 Å². The van der Waals surface area contributed by atoms with Gasteiger partial charge in [0.25, 0.3) is 5.91 Å². The van der Waals surface area contributed by atoms with Crippen molar-refractivity contribution in [3.8, 4) is 11.5 Å². The molecule has 4 aromatic rings. The molecule has 0 atom stereocenters. The molecule has 0 aliphatic rings. The van der Waals surface area contributed by atoms with Gasteiger partial charge in [0.1, 0.15) is 5.69 Å². The zero-order valence-electron chi connectivity index (χ0n) is 18.9. The summed E-state index contributed by atoms with van der Waals surface area (Å²) in [6.07, 6.45) is 0.503. The molecule has 0 aliphatic heterocycles. The van der Waals surface area contributed by atoms with Gasteiger partial charge in [0.15, 0.2) is 27.3 Å². The average molecular weight is 523 g/mol. The molecular formula is C23H21F3N4O3S2. The Morgan fingerprint density at radius 1 is 1.23 bits per heavy atom. The molecule has 1 aromatic carbocycles. The molecule has 0 bridgehead atoms. The number of benzene rings is 1. The number of methoxy groups -OCH3 is 1. The molecule has 3 heterocycles. The second-order valence-electron chi connectivity index (χ2n) is 7.81. The first-order valence-electron chi connectivity index (χ1n) is 10.4. The monoisotopic (exact) mass is 522 g/mol. The number of nitrogens with one attached hydrogen (secondary N) is 1. The predicted molar refractivity (Wildman–Crippen MR) is 130 cm³/mol. The first kappa shape index (κ1) is 24.7. The number of imidazole rings is 1. The largest absolute Gasteiger partial charge is 0.493 e. The van der Waals surface area contributed by atoms with Crippen LogP contribution in [-0.4, -0.2) is 34.0 Å². The van der Waals surface area contributed by atoms with E-state index in [-0.39, 0.29) is 10.8 Å². The van der Waals surface area contributed by atoms with E-state index in [1.807, 2.05) is 26.0 Å². The van der Waals surface area contributed by atoms with Gasteiger partial charge in [-0.1, -0.05) is 26.0 Å². The van der Waals surface area contributed by atoms with Crippen LogP contribution in [-0.2, 0) is 6.18 Å². The number of hydrogen-bond acceptors (Lipinski definition) is 7. The van der Waals surface area contributed by atoms with Gasteiger partial charge in [-0.25, -0.2) is 9.97 Å². The lowest BCUT2D eigenvalue weighted by Gasteiger charge is -2.14. The van der Waals surface area contributed by atoms with Crippen LogP contribution in [0, 0.1) is 5.92 Å². The molecule has 0 aliphatic carbocycles. The van der Waals surface area contributed by atoms with Crippen molar-refractivity contribution in [2.75, 3.05) is 19.0 Å². The molecule has 0 fully saturated rings. The average Bonchev–Trinajstić information content (AvgIpc) is 3.51. The molecule has 1 N–H and O–H groups in total. The molecule has 12 heteroatoms. The third-order valence-corrected chi connectivity index (χ3v) is 6.24. The summed E-state index contributed by atoms with van der Waals surface area (Å²) < 4.78 is 51.6. The molecular weight excluding hydrogens is 501 g/mol. The van der Waals surface area contributed by atoms with Crippen LogP contribution in [0.25, 0.3) is 17.1 Å². The van der Waals surface area contributed by atoms with Crippen molar-refractivity contribution in [3.05, 3.63) is 57.8 Å². The number of alkyl halides is 3. The second kappa shape index (κ2) is 10.1. The standard InChI is InChI=1S/C23H21F3N4O3S2/c1-13(2)11-33-19-14(5-4-6-16(19)32-3)7-8-15-18(30-9-10-34-22(30)27-15)20(31)29-21-28-17(12-35-21)23(24,25)26/h4-10,12-13H,11H2,1-3H3,(H,28,29,31)/b8-7+. The number of rotatable bonds is 8. The van der Waals surface area contributed by atoms with Crippen molar-refractivity contribution in [1.29, 1.82) is 0 Å². The summed E-state index contributed by atoms with van der Waals surface area (Å²) in [7, 11) is 1.56. The molecule has 4 rings (SSSR count). The molecule has 0 radical (unpaired) electrons. The van der Waals surface area contributed by atoms with Crippen molar-refractivity contribution in [3.63, 3.8) is 0 Å². The number of para-hydroxylation sites is 1. The minimum absolute atomic E-state index is 0.153. The minimum Gasteiger partial charge on any atom is -0.493 e. The number of carbonyl (C=O) groups is 1. The number of amides is 1. The van der Waals surface area contributed by atoms with Crippen LogP contribution in [0.15, 0.2) is 35.2 Å². The van der Waals surface area contributed by atoms with Crippen LogP contribution in [0.4, 0.5) is 18.3 Å². The number of carbonyl (C=O) groups excluding carboxylic acids is 1. The van der Waals surface area contributed by atoms with E-state index in [2.05, 4.69) is 15.3 Å². The Morgan fingerprint density at radius 2 is 2.03 bits per heavy atom. The minimum atomic E-state index is -4.59. The van der Waals surface area contributed by atoms with Crippen LogP contribution in [0.5, 0.6) is 11.5 Å². The zero-order valence-corrected chi connectivity index (χ0v) is 20.6. The van der Waals surface area contributed by atoms with E-state index in [9.17, 15) is 18.0 Å². The van der Waals surface area contributed by atoms with Crippen molar-refractivity contribution in [2.24, 2.45) is 5.92 Å². The lowest BCUT2D eigenvalue weighted by Crippen LogP contribution is -2.15. The van der Waals surface area contributed by atoms with Crippen LogP contribution >= 0.6 is 22.7 Å². The zero-order chi connectivity index (χ0) is 25.2. The maximum Gasteiger partial charge on any atom is 0.434 e. The number of nitrogens with zero attached hydrogens (tertiary/aromatic N) is 3. The third kappa shape index (κ3) is 5.49. The van der Waals surface area contributed by atoms with Gasteiger partial charge in [0, 0.05) is 22.5 Å². The normalized spacial score (nSPS) is 12.1. The van der Waals surface area contributed by atoms with Crippen molar-refractivity contribution in [1.82, 2.24) is 14.4 Å².